The van der Waals surface area contributed by atoms with Crippen LogP contribution >= 0.6 is 0 Å². The molecule has 148 valence electrons. The van der Waals surface area contributed by atoms with Crippen molar-refractivity contribution in [1.82, 2.24) is 24.8 Å². The summed E-state index contributed by atoms with van der Waals surface area (Å²) in [6, 6.07) is 7.89. The summed E-state index contributed by atoms with van der Waals surface area (Å²) < 4.78 is 6.07. The predicted octanol–water partition coefficient (Wildman–Crippen LogP) is 2.31. The first kappa shape index (κ1) is 17.8. The molecule has 8 nitrogen and oxygen atoms in total. The number of ether oxygens (including phenoxy) is 1. The van der Waals surface area contributed by atoms with Gasteiger partial charge in [-0.05, 0) is 43.5 Å². The monoisotopic (exact) mass is 390 g/mol. The second-order valence-corrected chi connectivity index (χ2v) is 7.40. The predicted molar refractivity (Wildman–Crippen MR) is 108 cm³/mol. The quantitative estimate of drug-likeness (QED) is 0.676. The minimum absolute atomic E-state index is 0.117. The number of hydrogen-bond donors (Lipinski definition) is 0. The summed E-state index contributed by atoms with van der Waals surface area (Å²) >= 11 is 0. The van der Waals surface area contributed by atoms with Crippen LogP contribution in [0, 0.1) is 0 Å². The molecule has 3 heterocycles. The Kier molecular flexibility index (Phi) is 4.67. The lowest BCUT2D eigenvalue weighted by molar-refractivity contribution is 0.0734. The SMILES string of the molecule is O=C(c1ncccn1)N1CCN(c2ccc3ncnc(OC4CCC4)c3c2)CC1. The van der Waals surface area contributed by atoms with Gasteiger partial charge in [-0.1, -0.05) is 0 Å². The van der Waals surface area contributed by atoms with Gasteiger partial charge in [0.25, 0.3) is 5.91 Å². The van der Waals surface area contributed by atoms with Crippen molar-refractivity contribution in [1.29, 1.82) is 0 Å². The topological polar surface area (TPSA) is 84.3 Å². The first-order valence-electron chi connectivity index (χ1n) is 10.0. The number of rotatable bonds is 4. The smallest absolute Gasteiger partial charge is 0.291 e. The van der Waals surface area contributed by atoms with Crippen LogP contribution in [0.2, 0.25) is 0 Å². The Morgan fingerprint density at radius 1 is 1.00 bits per heavy atom. The third-order valence-electron chi connectivity index (χ3n) is 5.60. The molecule has 29 heavy (non-hydrogen) atoms. The lowest BCUT2D eigenvalue weighted by Gasteiger charge is -2.36. The van der Waals surface area contributed by atoms with E-state index in [1.165, 1.54) is 6.42 Å². The Morgan fingerprint density at radius 2 is 1.79 bits per heavy atom. The average molecular weight is 390 g/mol. The van der Waals surface area contributed by atoms with E-state index < -0.39 is 0 Å². The number of nitrogens with zero attached hydrogens (tertiary/aromatic N) is 6. The maximum atomic E-state index is 12.5. The van der Waals surface area contributed by atoms with E-state index in [0.29, 0.717) is 19.0 Å². The van der Waals surface area contributed by atoms with Gasteiger partial charge in [0, 0.05) is 44.3 Å². The van der Waals surface area contributed by atoms with Gasteiger partial charge in [0.1, 0.15) is 12.4 Å². The fourth-order valence-electron chi connectivity index (χ4n) is 3.68. The van der Waals surface area contributed by atoms with E-state index in [4.69, 9.17) is 4.74 Å². The van der Waals surface area contributed by atoms with Crippen molar-refractivity contribution in [3.05, 3.63) is 48.8 Å². The Balaban J connectivity index is 1.31. The molecule has 1 amide bonds. The molecule has 1 saturated heterocycles. The highest BCUT2D eigenvalue weighted by molar-refractivity contribution is 5.90. The molecule has 0 spiro atoms. The number of carbonyl (C=O) groups excluding carboxylic acids is 1. The van der Waals surface area contributed by atoms with Gasteiger partial charge < -0.3 is 14.5 Å². The molecule has 2 aliphatic rings. The molecular weight excluding hydrogens is 368 g/mol. The third kappa shape index (κ3) is 3.57. The van der Waals surface area contributed by atoms with E-state index >= 15 is 0 Å². The van der Waals surface area contributed by atoms with Crippen molar-refractivity contribution in [2.75, 3.05) is 31.1 Å². The third-order valence-corrected chi connectivity index (χ3v) is 5.60. The summed E-state index contributed by atoms with van der Waals surface area (Å²) in [5.74, 6) is 0.798. The second kappa shape index (κ2) is 7.62. The lowest BCUT2D eigenvalue weighted by Crippen LogP contribution is -2.49. The highest BCUT2D eigenvalue weighted by Gasteiger charge is 2.25. The van der Waals surface area contributed by atoms with Crippen LogP contribution < -0.4 is 9.64 Å². The molecule has 1 aromatic carbocycles. The molecule has 8 heteroatoms. The van der Waals surface area contributed by atoms with E-state index in [0.717, 1.165) is 42.5 Å². The van der Waals surface area contributed by atoms with Gasteiger partial charge in [0.05, 0.1) is 10.9 Å². The number of carbonyl (C=O) groups is 1. The minimum Gasteiger partial charge on any atom is -0.474 e. The number of aromatic nitrogens is 4. The first-order valence-corrected chi connectivity index (χ1v) is 10.0. The van der Waals surface area contributed by atoms with Crippen molar-refractivity contribution >= 4 is 22.5 Å². The summed E-state index contributed by atoms with van der Waals surface area (Å²) in [5.41, 5.74) is 1.97. The van der Waals surface area contributed by atoms with Crippen molar-refractivity contribution in [3.8, 4) is 5.88 Å². The van der Waals surface area contributed by atoms with E-state index in [9.17, 15) is 4.79 Å². The molecule has 1 saturated carbocycles. The summed E-state index contributed by atoms with van der Waals surface area (Å²) in [6.07, 6.45) is 8.42. The van der Waals surface area contributed by atoms with Gasteiger partial charge in [0.15, 0.2) is 0 Å². The standard InChI is InChI=1S/C21H22N6O2/c28-21(19-22-7-2-8-23-19)27-11-9-26(10-12-27)15-5-6-18-17(13-15)20(25-14-24-18)29-16-3-1-4-16/h2,5-8,13-14,16H,1,3-4,9-12H2. The Morgan fingerprint density at radius 3 is 2.52 bits per heavy atom. The molecule has 1 aliphatic carbocycles. The highest BCUT2D eigenvalue weighted by Crippen LogP contribution is 2.31. The van der Waals surface area contributed by atoms with Crippen LogP contribution in [0.5, 0.6) is 5.88 Å². The van der Waals surface area contributed by atoms with Gasteiger partial charge in [0.2, 0.25) is 11.7 Å². The fourth-order valence-corrected chi connectivity index (χ4v) is 3.68. The molecule has 2 fully saturated rings. The number of anilines is 1. The Bertz CT molecular complexity index is 1020. The molecule has 1 aliphatic heterocycles. The largest absolute Gasteiger partial charge is 0.474 e. The van der Waals surface area contributed by atoms with Crippen molar-refractivity contribution < 1.29 is 9.53 Å². The number of fused-ring (bicyclic) bond motifs is 1. The molecule has 0 atom stereocenters. The highest BCUT2D eigenvalue weighted by atomic mass is 16.5. The lowest BCUT2D eigenvalue weighted by atomic mass is 9.96. The van der Waals surface area contributed by atoms with Gasteiger partial charge in [-0.25, -0.2) is 19.9 Å². The number of benzene rings is 1. The zero-order valence-corrected chi connectivity index (χ0v) is 16.1. The van der Waals surface area contributed by atoms with Crippen LogP contribution in [0.4, 0.5) is 5.69 Å². The second-order valence-electron chi connectivity index (χ2n) is 7.40. The average Bonchev–Trinajstić information content (AvgIpc) is 2.76. The van der Waals surface area contributed by atoms with Gasteiger partial charge >= 0.3 is 0 Å². The Labute approximate surface area is 168 Å². The molecule has 3 aromatic rings. The number of hydrogen-bond acceptors (Lipinski definition) is 7. The first-order chi connectivity index (χ1) is 14.3. The van der Waals surface area contributed by atoms with Gasteiger partial charge in [-0.3, -0.25) is 4.79 Å². The molecular formula is C21H22N6O2. The maximum Gasteiger partial charge on any atom is 0.291 e. The zero-order valence-electron chi connectivity index (χ0n) is 16.1. The van der Waals surface area contributed by atoms with E-state index in [2.05, 4.69) is 37.0 Å². The molecule has 2 aromatic heterocycles. The zero-order chi connectivity index (χ0) is 19.6. The van der Waals surface area contributed by atoms with Crippen molar-refractivity contribution in [2.45, 2.75) is 25.4 Å². The van der Waals surface area contributed by atoms with E-state index in [1.54, 1.807) is 29.7 Å². The van der Waals surface area contributed by atoms with Crippen LogP contribution in [-0.2, 0) is 0 Å². The maximum absolute atomic E-state index is 12.5. The molecule has 0 N–H and O–H groups in total. The molecule has 5 rings (SSSR count). The Hall–Kier alpha value is -3.29. The summed E-state index contributed by atoms with van der Waals surface area (Å²) in [5, 5.41) is 0.938. The molecule has 0 unspecified atom stereocenters. The van der Waals surface area contributed by atoms with Gasteiger partial charge in [-0.15, -0.1) is 0 Å². The van der Waals surface area contributed by atoms with Crippen molar-refractivity contribution in [3.63, 3.8) is 0 Å². The molecule has 0 radical (unpaired) electrons. The van der Waals surface area contributed by atoms with Crippen LogP contribution in [0.25, 0.3) is 10.9 Å². The summed E-state index contributed by atoms with van der Waals surface area (Å²) in [7, 11) is 0. The molecule has 0 bridgehead atoms. The summed E-state index contributed by atoms with van der Waals surface area (Å²) in [6.45, 7) is 2.75. The summed E-state index contributed by atoms with van der Waals surface area (Å²) in [4.78, 5) is 33.5. The fraction of sp³-hybridized carbons (Fsp3) is 0.381. The number of piperazine rings is 1. The normalized spacial score (nSPS) is 17.2. The van der Waals surface area contributed by atoms with Gasteiger partial charge in [-0.2, -0.15) is 0 Å². The number of amides is 1. The van der Waals surface area contributed by atoms with E-state index in [1.807, 2.05) is 6.07 Å². The van der Waals surface area contributed by atoms with Crippen LogP contribution in [0.1, 0.15) is 29.9 Å². The van der Waals surface area contributed by atoms with E-state index in [-0.39, 0.29) is 17.8 Å². The van der Waals surface area contributed by atoms with Crippen LogP contribution in [0.15, 0.2) is 43.0 Å². The van der Waals surface area contributed by atoms with Crippen LogP contribution in [-0.4, -0.2) is 63.0 Å². The van der Waals surface area contributed by atoms with Crippen LogP contribution in [0.3, 0.4) is 0 Å². The van der Waals surface area contributed by atoms with Crippen molar-refractivity contribution in [2.24, 2.45) is 0 Å². The minimum atomic E-state index is -0.117.